The van der Waals surface area contributed by atoms with Crippen molar-refractivity contribution in [1.29, 1.82) is 0 Å². The lowest BCUT2D eigenvalue weighted by atomic mass is 10.1. The van der Waals surface area contributed by atoms with Crippen molar-refractivity contribution in [2.45, 2.75) is 51.4 Å². The number of thiophene rings is 1. The Morgan fingerprint density at radius 1 is 1.08 bits per heavy atom. The average Bonchev–Trinajstić information content (AvgIpc) is 3.24. The first-order chi connectivity index (χ1) is 17.9. The van der Waals surface area contributed by atoms with Crippen LogP contribution in [-0.4, -0.2) is 61.7 Å². The van der Waals surface area contributed by atoms with Crippen LogP contribution in [0.25, 0.3) is 32.9 Å². The molecule has 4 atom stereocenters. The van der Waals surface area contributed by atoms with Gasteiger partial charge in [-0.25, -0.2) is 9.97 Å². The van der Waals surface area contributed by atoms with Gasteiger partial charge in [-0.2, -0.15) is 4.98 Å². The molecule has 4 heterocycles. The molecule has 4 aromatic heterocycles. The summed E-state index contributed by atoms with van der Waals surface area (Å²) in [6.45, 7) is 4.47. The van der Waals surface area contributed by atoms with E-state index in [0.29, 0.717) is 41.0 Å². The highest BCUT2D eigenvalue weighted by Gasteiger charge is 2.41. The van der Waals surface area contributed by atoms with E-state index in [0.717, 1.165) is 33.9 Å². The molecule has 0 bridgehead atoms. The molecule has 194 valence electrons. The van der Waals surface area contributed by atoms with Crippen LogP contribution in [0.15, 0.2) is 34.1 Å². The minimum absolute atomic E-state index is 0.192. The number of pyridine rings is 1. The maximum atomic E-state index is 10.7. The third-order valence-corrected chi connectivity index (χ3v) is 8.28. The first kappa shape index (κ1) is 24.3. The molecule has 37 heavy (non-hydrogen) atoms. The maximum Gasteiger partial charge on any atom is 0.224 e. The summed E-state index contributed by atoms with van der Waals surface area (Å²) in [5.41, 5.74) is 3.82. The SMILES string of the molecule is Cc1nc(NCC2CC2)nc(N[C@@H]2C[C@H](CO)[C@@H](O)[C@H]2O)c1-c1cc2cc(-c3cccs3)nc(C)c2o1. The van der Waals surface area contributed by atoms with Crippen LogP contribution in [0.1, 0.15) is 30.7 Å². The third kappa shape index (κ3) is 4.70. The Balaban J connectivity index is 1.41. The molecule has 2 aliphatic carbocycles. The van der Waals surface area contributed by atoms with Gasteiger partial charge >= 0.3 is 0 Å². The second-order valence-electron chi connectivity index (χ2n) is 10.2. The molecule has 2 aliphatic rings. The monoisotopic (exact) mass is 521 g/mol. The zero-order chi connectivity index (χ0) is 25.7. The van der Waals surface area contributed by atoms with Crippen molar-refractivity contribution in [3.8, 4) is 21.9 Å². The number of rotatable bonds is 8. The van der Waals surface area contributed by atoms with E-state index < -0.39 is 24.2 Å². The van der Waals surface area contributed by atoms with E-state index in [9.17, 15) is 15.3 Å². The molecule has 0 amide bonds. The first-order valence-corrected chi connectivity index (χ1v) is 13.6. The highest BCUT2D eigenvalue weighted by Crippen LogP contribution is 2.39. The van der Waals surface area contributed by atoms with Crippen molar-refractivity contribution in [1.82, 2.24) is 15.0 Å². The number of aliphatic hydroxyl groups is 3. The highest BCUT2D eigenvalue weighted by atomic mass is 32.1. The van der Waals surface area contributed by atoms with Crippen LogP contribution in [0, 0.1) is 25.7 Å². The molecule has 0 spiro atoms. The fourth-order valence-corrected chi connectivity index (χ4v) is 5.80. The Morgan fingerprint density at radius 2 is 1.92 bits per heavy atom. The Morgan fingerprint density at radius 3 is 2.62 bits per heavy atom. The molecule has 10 heteroatoms. The van der Waals surface area contributed by atoms with E-state index in [1.54, 1.807) is 11.3 Å². The van der Waals surface area contributed by atoms with Crippen molar-refractivity contribution in [3.05, 3.63) is 41.0 Å². The number of hydrogen-bond acceptors (Lipinski definition) is 10. The van der Waals surface area contributed by atoms with Crippen molar-refractivity contribution in [3.63, 3.8) is 0 Å². The molecule has 0 aliphatic heterocycles. The predicted octanol–water partition coefficient (Wildman–Crippen LogP) is 3.97. The number of aliphatic hydroxyl groups excluding tert-OH is 3. The van der Waals surface area contributed by atoms with E-state index in [-0.39, 0.29) is 6.61 Å². The van der Waals surface area contributed by atoms with Gasteiger partial charge in [0.15, 0.2) is 5.58 Å². The summed E-state index contributed by atoms with van der Waals surface area (Å²) in [5, 5.41) is 40.3. The molecule has 4 aromatic rings. The molecule has 0 radical (unpaired) electrons. The number of fused-ring (bicyclic) bond motifs is 1. The van der Waals surface area contributed by atoms with Crippen LogP contribution >= 0.6 is 11.3 Å². The molecule has 6 rings (SSSR count). The van der Waals surface area contributed by atoms with Gasteiger partial charge in [0.1, 0.15) is 17.7 Å². The minimum Gasteiger partial charge on any atom is -0.454 e. The molecule has 5 N–H and O–H groups in total. The molecule has 2 fully saturated rings. The van der Waals surface area contributed by atoms with Crippen LogP contribution in [0.2, 0.25) is 0 Å². The fourth-order valence-electron chi connectivity index (χ4n) is 5.11. The Kier molecular flexibility index (Phi) is 6.36. The summed E-state index contributed by atoms with van der Waals surface area (Å²) < 4.78 is 6.33. The number of aryl methyl sites for hydroxylation is 2. The van der Waals surface area contributed by atoms with Gasteiger partial charge < -0.3 is 30.4 Å². The fraction of sp³-hybridized carbons (Fsp3) is 0.444. The number of nitrogens with zero attached hydrogens (tertiary/aromatic N) is 3. The Hall–Kier alpha value is -3.05. The number of aromatic nitrogens is 3. The topological polar surface area (TPSA) is 137 Å². The van der Waals surface area contributed by atoms with Gasteiger partial charge in [-0.05, 0) is 62.6 Å². The molecule has 0 aromatic carbocycles. The van der Waals surface area contributed by atoms with E-state index in [2.05, 4.69) is 10.6 Å². The second-order valence-corrected chi connectivity index (χ2v) is 11.1. The van der Waals surface area contributed by atoms with Crippen molar-refractivity contribution in [2.24, 2.45) is 11.8 Å². The van der Waals surface area contributed by atoms with Crippen LogP contribution in [0.4, 0.5) is 11.8 Å². The standard InChI is InChI=1S/C27H31N5O4S/c1-13-22(20-10-16-8-18(21-4-3-7-37-21)29-14(2)25(16)36-20)26(32-27(30-13)28-11-15-5-6-15)31-19-9-17(12-33)23(34)24(19)35/h3-4,7-8,10,15,17,19,23-24,33-35H,5-6,9,11-12H2,1-2H3,(H2,28,30,31,32)/t17-,19-,23-,24+/m1/s1. The summed E-state index contributed by atoms with van der Waals surface area (Å²) in [7, 11) is 0. The van der Waals surface area contributed by atoms with Gasteiger partial charge in [-0.3, -0.25) is 0 Å². The third-order valence-electron chi connectivity index (χ3n) is 7.38. The second kappa shape index (κ2) is 9.68. The quantitative estimate of drug-likeness (QED) is 0.233. The van der Waals surface area contributed by atoms with Gasteiger partial charge in [0.25, 0.3) is 0 Å². The largest absolute Gasteiger partial charge is 0.454 e. The van der Waals surface area contributed by atoms with Crippen LogP contribution < -0.4 is 10.6 Å². The average molecular weight is 522 g/mol. The number of nitrogens with one attached hydrogen (secondary N) is 2. The minimum atomic E-state index is -1.03. The number of furan rings is 1. The summed E-state index contributed by atoms with van der Waals surface area (Å²) in [6.07, 6.45) is 0.808. The Labute approximate surface area is 218 Å². The zero-order valence-electron chi connectivity index (χ0n) is 20.8. The van der Waals surface area contributed by atoms with E-state index in [1.165, 1.54) is 12.8 Å². The van der Waals surface area contributed by atoms with Gasteiger partial charge in [-0.1, -0.05) is 6.07 Å². The van der Waals surface area contributed by atoms with Gasteiger partial charge in [0.05, 0.1) is 39.7 Å². The lowest BCUT2D eigenvalue weighted by Crippen LogP contribution is -2.35. The molecule has 0 saturated heterocycles. The normalized spacial score (nSPS) is 23.6. The van der Waals surface area contributed by atoms with Gasteiger partial charge in [-0.15, -0.1) is 11.3 Å². The van der Waals surface area contributed by atoms with Crippen molar-refractivity contribution >= 4 is 34.1 Å². The van der Waals surface area contributed by atoms with E-state index in [1.807, 2.05) is 43.5 Å². The van der Waals surface area contributed by atoms with E-state index >= 15 is 0 Å². The number of hydrogen-bond donors (Lipinski definition) is 5. The number of anilines is 2. The summed E-state index contributed by atoms with van der Waals surface area (Å²) in [4.78, 5) is 15.3. The predicted molar refractivity (Wildman–Crippen MR) is 144 cm³/mol. The first-order valence-electron chi connectivity index (χ1n) is 12.7. The maximum absolute atomic E-state index is 10.7. The lowest BCUT2D eigenvalue weighted by Gasteiger charge is -2.21. The molecule has 9 nitrogen and oxygen atoms in total. The lowest BCUT2D eigenvalue weighted by molar-refractivity contribution is 0.00446. The highest BCUT2D eigenvalue weighted by molar-refractivity contribution is 7.13. The molecule has 0 unspecified atom stereocenters. The van der Waals surface area contributed by atoms with Crippen LogP contribution in [0.5, 0.6) is 0 Å². The Bertz CT molecular complexity index is 1420. The summed E-state index contributed by atoms with van der Waals surface area (Å²) in [5.74, 6) is 1.88. The molecule has 2 saturated carbocycles. The zero-order valence-corrected chi connectivity index (χ0v) is 21.6. The van der Waals surface area contributed by atoms with Crippen molar-refractivity contribution in [2.75, 3.05) is 23.8 Å². The summed E-state index contributed by atoms with van der Waals surface area (Å²) >= 11 is 1.64. The van der Waals surface area contributed by atoms with Crippen LogP contribution in [-0.2, 0) is 0 Å². The van der Waals surface area contributed by atoms with E-state index in [4.69, 9.17) is 19.4 Å². The van der Waals surface area contributed by atoms with Gasteiger partial charge in [0.2, 0.25) is 5.95 Å². The molecular formula is C27H31N5O4S. The molecular weight excluding hydrogens is 490 g/mol. The smallest absolute Gasteiger partial charge is 0.224 e. The summed E-state index contributed by atoms with van der Waals surface area (Å²) in [6, 6.07) is 7.59. The van der Waals surface area contributed by atoms with Crippen molar-refractivity contribution < 1.29 is 19.7 Å². The van der Waals surface area contributed by atoms with Gasteiger partial charge in [0, 0.05) is 24.5 Å². The van der Waals surface area contributed by atoms with Crippen LogP contribution in [0.3, 0.4) is 0 Å².